The second kappa shape index (κ2) is 7.05. The van der Waals surface area contributed by atoms with Crippen LogP contribution >= 0.6 is 39.0 Å². The molecular weight excluding hydrogens is 476 g/mol. The molecule has 0 saturated carbocycles. The smallest absolute Gasteiger partial charge is 0.357 e. The Morgan fingerprint density at radius 2 is 1.90 bits per heavy atom. The number of thiophene rings is 1. The van der Waals surface area contributed by atoms with E-state index in [9.17, 15) is 4.79 Å². The average Bonchev–Trinajstić information content (AvgIpc) is 3.33. The minimum Gasteiger partial charge on any atom is -0.443 e. The third kappa shape index (κ3) is 3.07. The molecule has 0 fully saturated rings. The number of oxazole rings is 1. The summed E-state index contributed by atoms with van der Waals surface area (Å²) in [5.41, 5.74) is 2.10. The van der Waals surface area contributed by atoms with Crippen LogP contribution < -0.4 is 5.63 Å². The molecule has 0 unspecified atom stereocenters. The summed E-state index contributed by atoms with van der Waals surface area (Å²) >= 11 is 6.10. The van der Waals surface area contributed by atoms with Crippen molar-refractivity contribution in [1.29, 1.82) is 0 Å². The molecule has 4 heterocycles. The number of fused-ring (bicyclic) bond motifs is 3. The summed E-state index contributed by atoms with van der Waals surface area (Å²) in [7, 11) is 0. The zero-order valence-corrected chi connectivity index (χ0v) is 18.3. The fourth-order valence-corrected chi connectivity index (χ4v) is 4.73. The minimum absolute atomic E-state index is 0.287. The van der Waals surface area contributed by atoms with Crippen molar-refractivity contribution in [3.63, 3.8) is 0 Å². The number of halogens is 1. The maximum Gasteiger partial charge on any atom is 0.357 e. The van der Waals surface area contributed by atoms with Crippen molar-refractivity contribution in [2.45, 2.75) is 12.1 Å². The Kier molecular flexibility index (Phi) is 4.49. The van der Waals surface area contributed by atoms with Crippen molar-refractivity contribution in [2.75, 3.05) is 6.26 Å². The highest BCUT2D eigenvalue weighted by Crippen LogP contribution is 2.40. The SMILES string of the molecule is CSc1nc(-c2ncoc2-c2ccc(Br)cc2)c2c(n1)sc1c(=O)oc(C)nc12. The molecule has 1 aromatic carbocycles. The fraction of sp³-hybridized carbons (Fsp3) is 0.105. The number of thioether (sulfide) groups is 1. The predicted molar refractivity (Wildman–Crippen MR) is 116 cm³/mol. The summed E-state index contributed by atoms with van der Waals surface area (Å²) in [6.07, 6.45) is 3.29. The molecule has 0 saturated heterocycles. The van der Waals surface area contributed by atoms with Crippen LogP contribution in [0.3, 0.4) is 0 Å². The summed E-state index contributed by atoms with van der Waals surface area (Å²) in [5.74, 6) is 0.874. The molecule has 7 nitrogen and oxygen atoms in total. The molecule has 0 N–H and O–H groups in total. The van der Waals surface area contributed by atoms with Gasteiger partial charge in [-0.1, -0.05) is 39.8 Å². The van der Waals surface area contributed by atoms with Gasteiger partial charge in [-0.05, 0) is 18.4 Å². The van der Waals surface area contributed by atoms with Gasteiger partial charge in [-0.2, -0.15) is 0 Å². The third-order valence-corrected chi connectivity index (χ3v) is 6.41. The Morgan fingerprint density at radius 1 is 1.10 bits per heavy atom. The van der Waals surface area contributed by atoms with Gasteiger partial charge in [0.2, 0.25) is 0 Å². The summed E-state index contributed by atoms with van der Waals surface area (Å²) in [4.78, 5) is 31.2. The van der Waals surface area contributed by atoms with Gasteiger partial charge in [-0.3, -0.25) is 0 Å². The van der Waals surface area contributed by atoms with Crippen LogP contribution in [0.15, 0.2) is 53.9 Å². The number of rotatable bonds is 3. The highest BCUT2D eigenvalue weighted by atomic mass is 79.9. The third-order valence-electron chi connectivity index (χ3n) is 4.28. The zero-order valence-electron chi connectivity index (χ0n) is 15.1. The van der Waals surface area contributed by atoms with E-state index in [1.54, 1.807) is 6.92 Å². The molecule has 5 aromatic rings. The van der Waals surface area contributed by atoms with Crippen LogP contribution in [-0.4, -0.2) is 26.2 Å². The topological polar surface area (TPSA) is 94.9 Å². The first-order valence-electron chi connectivity index (χ1n) is 8.41. The summed E-state index contributed by atoms with van der Waals surface area (Å²) in [6.45, 7) is 1.64. The van der Waals surface area contributed by atoms with E-state index < -0.39 is 5.63 Å². The lowest BCUT2D eigenvalue weighted by molar-refractivity contribution is 0.468. The average molecular weight is 487 g/mol. The van der Waals surface area contributed by atoms with Crippen LogP contribution in [-0.2, 0) is 0 Å². The molecule has 0 atom stereocenters. The summed E-state index contributed by atoms with van der Waals surface area (Å²) < 4.78 is 12.3. The van der Waals surface area contributed by atoms with Crippen LogP contribution in [0.25, 0.3) is 43.1 Å². The highest BCUT2D eigenvalue weighted by molar-refractivity contribution is 9.10. The lowest BCUT2D eigenvalue weighted by Crippen LogP contribution is -2.00. The molecule has 4 aromatic heterocycles. The molecule has 29 heavy (non-hydrogen) atoms. The van der Waals surface area contributed by atoms with Crippen LogP contribution in [0, 0.1) is 6.92 Å². The van der Waals surface area contributed by atoms with Crippen molar-refractivity contribution in [2.24, 2.45) is 0 Å². The van der Waals surface area contributed by atoms with Crippen molar-refractivity contribution in [1.82, 2.24) is 19.9 Å². The van der Waals surface area contributed by atoms with Gasteiger partial charge in [-0.25, -0.2) is 24.7 Å². The van der Waals surface area contributed by atoms with Crippen molar-refractivity contribution in [3.05, 3.63) is 51.4 Å². The predicted octanol–water partition coefficient (Wildman–Crippen LogP) is 5.31. The number of aromatic nitrogens is 4. The monoisotopic (exact) mass is 486 g/mol. The Balaban J connectivity index is 1.87. The van der Waals surface area contributed by atoms with Crippen LogP contribution in [0.5, 0.6) is 0 Å². The van der Waals surface area contributed by atoms with Crippen LogP contribution in [0.1, 0.15) is 5.89 Å². The van der Waals surface area contributed by atoms with E-state index in [1.165, 1.54) is 29.5 Å². The van der Waals surface area contributed by atoms with E-state index in [-0.39, 0.29) is 5.89 Å². The number of benzene rings is 1. The second-order valence-electron chi connectivity index (χ2n) is 6.08. The molecule has 0 amide bonds. The van der Waals surface area contributed by atoms with E-state index in [0.717, 1.165) is 10.0 Å². The van der Waals surface area contributed by atoms with Gasteiger partial charge in [-0.15, -0.1) is 11.3 Å². The number of hydrogen-bond donors (Lipinski definition) is 0. The van der Waals surface area contributed by atoms with Gasteiger partial charge in [0, 0.05) is 17.0 Å². The summed E-state index contributed by atoms with van der Waals surface area (Å²) in [5, 5.41) is 1.25. The molecule has 0 bridgehead atoms. The van der Waals surface area contributed by atoms with Crippen molar-refractivity contribution >= 4 is 59.5 Å². The fourth-order valence-electron chi connectivity index (χ4n) is 3.06. The summed E-state index contributed by atoms with van der Waals surface area (Å²) in [6, 6.07) is 7.73. The highest BCUT2D eigenvalue weighted by Gasteiger charge is 2.23. The second-order valence-corrected chi connectivity index (χ2v) is 8.76. The maximum absolute atomic E-state index is 12.4. The zero-order chi connectivity index (χ0) is 20.1. The molecule has 5 rings (SSSR count). The standard InChI is InChI=1S/C19H11BrN4O3S2/c1-8-22-13-11-12(14-15(26-7-21-14)9-3-5-10(20)6-4-9)23-19(28-2)24-17(11)29-16(13)18(25)27-8/h3-7H,1-2H3. The van der Waals surface area contributed by atoms with Gasteiger partial charge in [0.1, 0.15) is 26.4 Å². The molecule has 0 spiro atoms. The first-order chi connectivity index (χ1) is 14.0. The van der Waals surface area contributed by atoms with Crippen molar-refractivity contribution in [3.8, 4) is 22.7 Å². The lowest BCUT2D eigenvalue weighted by atomic mass is 10.1. The first-order valence-corrected chi connectivity index (χ1v) is 11.2. The number of aryl methyl sites for hydroxylation is 1. The molecule has 0 aliphatic heterocycles. The van der Waals surface area contributed by atoms with E-state index in [2.05, 4.69) is 30.9 Å². The van der Waals surface area contributed by atoms with E-state index in [0.29, 0.717) is 42.7 Å². The molecular formula is C19H11BrN4O3S2. The number of nitrogens with zero attached hydrogens (tertiary/aromatic N) is 4. The van der Waals surface area contributed by atoms with E-state index >= 15 is 0 Å². The number of hydrogen-bond acceptors (Lipinski definition) is 9. The van der Waals surface area contributed by atoms with Gasteiger partial charge in [0.15, 0.2) is 23.2 Å². The van der Waals surface area contributed by atoms with Crippen molar-refractivity contribution < 1.29 is 8.83 Å². The maximum atomic E-state index is 12.4. The van der Waals surface area contributed by atoms with Gasteiger partial charge >= 0.3 is 5.63 Å². The quantitative estimate of drug-likeness (QED) is 0.250. The Bertz CT molecular complexity index is 1440. The molecule has 0 radical (unpaired) electrons. The molecule has 144 valence electrons. The molecule has 0 aliphatic carbocycles. The normalized spacial score (nSPS) is 11.6. The van der Waals surface area contributed by atoms with Gasteiger partial charge < -0.3 is 8.83 Å². The molecule has 10 heteroatoms. The Labute approximate surface area is 180 Å². The molecule has 0 aliphatic rings. The van der Waals surface area contributed by atoms with Gasteiger partial charge in [0.25, 0.3) is 0 Å². The largest absolute Gasteiger partial charge is 0.443 e. The van der Waals surface area contributed by atoms with Gasteiger partial charge in [0.05, 0.1) is 5.39 Å². The minimum atomic E-state index is -0.430. The Morgan fingerprint density at radius 3 is 2.66 bits per heavy atom. The van der Waals surface area contributed by atoms with E-state index in [1.807, 2.05) is 30.5 Å². The first kappa shape index (κ1) is 18.5. The van der Waals surface area contributed by atoms with Crippen LogP contribution in [0.4, 0.5) is 0 Å². The van der Waals surface area contributed by atoms with Crippen LogP contribution in [0.2, 0.25) is 0 Å². The Hall–Kier alpha value is -2.56. The van der Waals surface area contributed by atoms with E-state index in [4.69, 9.17) is 13.8 Å². The lowest BCUT2D eigenvalue weighted by Gasteiger charge is -2.05.